The zero-order valence-electron chi connectivity index (χ0n) is 15.1. The first-order valence-electron chi connectivity index (χ1n) is 9.01. The largest absolute Gasteiger partial charge is 0.386 e. The van der Waals surface area contributed by atoms with Crippen molar-refractivity contribution < 1.29 is 20.1 Å². The van der Waals surface area contributed by atoms with Crippen LogP contribution in [0.2, 0.25) is 0 Å². The summed E-state index contributed by atoms with van der Waals surface area (Å²) < 4.78 is 0. The van der Waals surface area contributed by atoms with Crippen molar-refractivity contribution in [1.29, 1.82) is 0 Å². The molecular weight excluding hydrogens is 304 g/mol. The van der Waals surface area contributed by atoms with Crippen LogP contribution in [0.15, 0.2) is 23.3 Å². The van der Waals surface area contributed by atoms with Crippen LogP contribution in [0, 0.1) is 34.5 Å². The molecule has 4 heteroatoms. The molecule has 2 bridgehead atoms. The van der Waals surface area contributed by atoms with Crippen molar-refractivity contribution in [3.63, 3.8) is 0 Å². The van der Waals surface area contributed by atoms with E-state index in [1.807, 2.05) is 13.0 Å². The van der Waals surface area contributed by atoms with Gasteiger partial charge >= 0.3 is 0 Å². The van der Waals surface area contributed by atoms with Gasteiger partial charge in [-0.2, -0.15) is 0 Å². The molecule has 0 amide bonds. The lowest BCUT2D eigenvalue weighted by Gasteiger charge is -2.48. The van der Waals surface area contributed by atoms with E-state index in [9.17, 15) is 20.1 Å². The lowest BCUT2D eigenvalue weighted by atomic mass is 9.59. The highest BCUT2D eigenvalue weighted by molar-refractivity contribution is 5.95. The van der Waals surface area contributed by atoms with Crippen LogP contribution in [-0.2, 0) is 4.79 Å². The van der Waals surface area contributed by atoms with Crippen LogP contribution in [0.25, 0.3) is 0 Å². The third-order valence-electron chi connectivity index (χ3n) is 7.88. The van der Waals surface area contributed by atoms with Gasteiger partial charge in [-0.25, -0.2) is 0 Å². The van der Waals surface area contributed by atoms with Gasteiger partial charge in [0.2, 0.25) is 0 Å². The Bertz CT molecular complexity index is 690. The Kier molecular flexibility index (Phi) is 3.03. The molecule has 4 aliphatic carbocycles. The number of carbonyl (C=O) groups is 1. The molecule has 0 aromatic rings. The summed E-state index contributed by atoms with van der Waals surface area (Å²) in [7, 11) is 0. The number of hydrogen-bond acceptors (Lipinski definition) is 4. The van der Waals surface area contributed by atoms with Gasteiger partial charge in [0.25, 0.3) is 0 Å². The first-order valence-corrected chi connectivity index (χ1v) is 9.01. The second-order valence-corrected chi connectivity index (χ2v) is 9.28. The summed E-state index contributed by atoms with van der Waals surface area (Å²) in [6.45, 7) is 9.91. The minimum atomic E-state index is -1.87. The first-order chi connectivity index (χ1) is 11.0. The second-order valence-electron chi connectivity index (χ2n) is 9.28. The van der Waals surface area contributed by atoms with Gasteiger partial charge in [0.05, 0.1) is 5.41 Å². The number of Topliss-reactive ketones (excluding diaryl/α,β-unsaturated/α-hetero) is 1. The third kappa shape index (κ3) is 1.50. The van der Waals surface area contributed by atoms with Gasteiger partial charge in [0.15, 0.2) is 5.78 Å². The Labute approximate surface area is 143 Å². The lowest BCUT2D eigenvalue weighted by Crippen LogP contribution is -2.64. The summed E-state index contributed by atoms with van der Waals surface area (Å²) in [6, 6.07) is 0. The molecule has 0 aliphatic heterocycles. The Morgan fingerprint density at radius 1 is 1.12 bits per heavy atom. The average Bonchev–Trinajstić information content (AvgIpc) is 3.01. The molecule has 0 aromatic carbocycles. The quantitative estimate of drug-likeness (QED) is 0.592. The smallest absolute Gasteiger partial charge is 0.153 e. The highest BCUT2D eigenvalue weighted by Crippen LogP contribution is 2.71. The molecule has 0 heterocycles. The van der Waals surface area contributed by atoms with Gasteiger partial charge in [-0.15, -0.1) is 0 Å². The summed E-state index contributed by atoms with van der Waals surface area (Å²) in [6.07, 6.45) is 2.01. The predicted octanol–water partition coefficient (Wildman–Crippen LogP) is 1.84. The number of allylic oxidation sites excluding steroid dienone is 1. The van der Waals surface area contributed by atoms with Gasteiger partial charge < -0.3 is 15.3 Å². The molecule has 4 nitrogen and oxygen atoms in total. The molecule has 4 aliphatic rings. The molecular formula is C20H28O4. The van der Waals surface area contributed by atoms with Crippen molar-refractivity contribution in [3.8, 4) is 0 Å². The summed E-state index contributed by atoms with van der Waals surface area (Å²) >= 11 is 0. The highest BCUT2D eigenvalue weighted by Gasteiger charge is 2.75. The van der Waals surface area contributed by atoms with Crippen molar-refractivity contribution in [2.24, 2.45) is 34.5 Å². The zero-order valence-corrected chi connectivity index (χ0v) is 15.1. The molecule has 132 valence electrons. The van der Waals surface area contributed by atoms with E-state index in [2.05, 4.69) is 13.8 Å². The summed E-state index contributed by atoms with van der Waals surface area (Å²) in [5.74, 6) is 0.240. The van der Waals surface area contributed by atoms with E-state index in [1.165, 1.54) is 0 Å². The van der Waals surface area contributed by atoms with Crippen LogP contribution in [0.3, 0.4) is 0 Å². The van der Waals surface area contributed by atoms with Crippen molar-refractivity contribution >= 4 is 5.78 Å². The molecule has 24 heavy (non-hydrogen) atoms. The fourth-order valence-corrected chi connectivity index (χ4v) is 6.41. The van der Waals surface area contributed by atoms with Crippen molar-refractivity contribution in [2.45, 2.75) is 58.8 Å². The molecule has 8 atom stereocenters. The lowest BCUT2D eigenvalue weighted by molar-refractivity contribution is -0.189. The van der Waals surface area contributed by atoms with Crippen LogP contribution >= 0.6 is 0 Å². The Balaban J connectivity index is 1.99. The molecule has 5 unspecified atom stereocenters. The van der Waals surface area contributed by atoms with Crippen molar-refractivity contribution in [2.75, 3.05) is 0 Å². The van der Waals surface area contributed by atoms with Gasteiger partial charge in [0.1, 0.15) is 17.8 Å². The fourth-order valence-electron chi connectivity index (χ4n) is 6.41. The molecule has 0 radical (unpaired) electrons. The molecule has 1 spiro atoms. The molecule has 0 saturated heterocycles. The average molecular weight is 332 g/mol. The Hall–Kier alpha value is -0.970. The standard InChI is InChI=1S/C20H28O4/c1-9-6-12-14-13(18(14,4)5)7-11(3)19(17(12)23)8-10(2)16(22)20(19,24)15(9)21/h6,8,11-16,21-22,24H,7H2,1-5H3/t11-,12?,13?,14+,15-,16?,19?,20?/m1/s1. The Morgan fingerprint density at radius 3 is 2.33 bits per heavy atom. The van der Waals surface area contributed by atoms with E-state index in [-0.39, 0.29) is 29.0 Å². The summed E-state index contributed by atoms with van der Waals surface area (Å²) in [5.41, 5.74) is -1.80. The van der Waals surface area contributed by atoms with Crippen LogP contribution in [0.5, 0.6) is 0 Å². The van der Waals surface area contributed by atoms with E-state index in [4.69, 9.17) is 0 Å². The number of aliphatic hydroxyl groups excluding tert-OH is 2. The molecule has 2 saturated carbocycles. The minimum Gasteiger partial charge on any atom is -0.386 e. The van der Waals surface area contributed by atoms with E-state index in [0.717, 1.165) is 6.42 Å². The van der Waals surface area contributed by atoms with Crippen molar-refractivity contribution in [1.82, 2.24) is 0 Å². The van der Waals surface area contributed by atoms with Gasteiger partial charge in [0, 0.05) is 5.92 Å². The molecule has 0 aromatic heterocycles. The summed E-state index contributed by atoms with van der Waals surface area (Å²) in [4.78, 5) is 13.7. The zero-order chi connectivity index (χ0) is 17.8. The minimum absolute atomic E-state index is 0.0256. The molecule has 2 fully saturated rings. The van der Waals surface area contributed by atoms with Crippen LogP contribution in [0.1, 0.15) is 41.0 Å². The highest BCUT2D eigenvalue weighted by atomic mass is 16.4. The van der Waals surface area contributed by atoms with Crippen LogP contribution in [-0.4, -0.2) is 38.9 Å². The molecule has 4 rings (SSSR count). The van der Waals surface area contributed by atoms with E-state index in [1.54, 1.807) is 19.9 Å². The van der Waals surface area contributed by atoms with Gasteiger partial charge in [-0.05, 0) is 54.6 Å². The monoisotopic (exact) mass is 332 g/mol. The molecule has 3 N–H and O–H groups in total. The number of carbonyl (C=O) groups excluding carboxylic acids is 1. The van der Waals surface area contributed by atoms with Crippen molar-refractivity contribution in [3.05, 3.63) is 23.3 Å². The summed E-state index contributed by atoms with van der Waals surface area (Å²) in [5, 5.41) is 33.2. The van der Waals surface area contributed by atoms with E-state index in [0.29, 0.717) is 17.1 Å². The SMILES string of the molecule is CC1=CC23C(=O)C(C=C(C)[C@@H](O)C2(O)C1O)[C@H]1C(C[C@H]3C)C1(C)C. The number of ketones is 1. The number of rotatable bonds is 0. The topological polar surface area (TPSA) is 77.8 Å². The first kappa shape index (κ1) is 16.5. The predicted molar refractivity (Wildman–Crippen MR) is 89.9 cm³/mol. The number of fused-ring (bicyclic) bond motifs is 3. The van der Waals surface area contributed by atoms with E-state index < -0.39 is 23.2 Å². The van der Waals surface area contributed by atoms with Gasteiger partial charge in [-0.3, -0.25) is 4.79 Å². The second kappa shape index (κ2) is 4.40. The van der Waals surface area contributed by atoms with E-state index >= 15 is 0 Å². The van der Waals surface area contributed by atoms with Gasteiger partial charge in [-0.1, -0.05) is 32.9 Å². The normalized spacial score (nSPS) is 54.9. The maximum absolute atomic E-state index is 13.7. The number of aliphatic hydroxyl groups is 3. The third-order valence-corrected chi connectivity index (χ3v) is 7.88. The fraction of sp³-hybridized carbons (Fsp3) is 0.750. The van der Waals surface area contributed by atoms with Crippen LogP contribution < -0.4 is 0 Å². The van der Waals surface area contributed by atoms with Crippen LogP contribution in [0.4, 0.5) is 0 Å². The maximum Gasteiger partial charge on any atom is 0.153 e. The number of hydrogen-bond donors (Lipinski definition) is 3. The Morgan fingerprint density at radius 2 is 1.71 bits per heavy atom. The maximum atomic E-state index is 13.7.